The Labute approximate surface area is 127 Å². The van der Waals surface area contributed by atoms with E-state index in [4.69, 9.17) is 5.26 Å². The van der Waals surface area contributed by atoms with Crippen LogP contribution < -0.4 is 5.32 Å². The van der Waals surface area contributed by atoms with Gasteiger partial charge in [-0.05, 0) is 42.9 Å². The molecule has 0 saturated heterocycles. The number of hydrogen-bond donors (Lipinski definition) is 1. The molecule has 0 aliphatic heterocycles. The summed E-state index contributed by atoms with van der Waals surface area (Å²) in [6.07, 6.45) is 4.69. The number of benzene rings is 1. The molecular weight excluding hydrogens is 282 g/mol. The van der Waals surface area contributed by atoms with Gasteiger partial charge in [-0.25, -0.2) is 4.98 Å². The standard InChI is InChI=1S/C16H15N3OS/c17-8-7-15(20)19-16-18-14(10-21-16)13-6-5-11-3-1-2-4-12(11)9-13/h5-6,9-10H,1-4,7H2,(H,18,19,20). The minimum Gasteiger partial charge on any atom is -0.301 e. The quantitative estimate of drug-likeness (QED) is 0.942. The van der Waals surface area contributed by atoms with Crippen molar-refractivity contribution in [3.8, 4) is 17.3 Å². The molecule has 3 rings (SSSR count). The van der Waals surface area contributed by atoms with Crippen LogP contribution in [0.25, 0.3) is 11.3 Å². The van der Waals surface area contributed by atoms with Crippen LogP contribution in [0.15, 0.2) is 23.6 Å². The molecule has 1 aromatic carbocycles. The number of aryl methyl sites for hydroxylation is 2. The van der Waals surface area contributed by atoms with Crippen LogP contribution in [0.4, 0.5) is 5.13 Å². The molecular formula is C16H15N3OS. The molecule has 5 heteroatoms. The van der Waals surface area contributed by atoms with E-state index in [9.17, 15) is 4.79 Å². The van der Waals surface area contributed by atoms with E-state index in [1.165, 1.54) is 41.7 Å². The zero-order chi connectivity index (χ0) is 14.7. The summed E-state index contributed by atoms with van der Waals surface area (Å²) in [5.74, 6) is -0.316. The van der Waals surface area contributed by atoms with Gasteiger partial charge in [0, 0.05) is 10.9 Å². The maximum absolute atomic E-state index is 11.4. The fourth-order valence-corrected chi connectivity index (χ4v) is 3.33. The van der Waals surface area contributed by atoms with E-state index < -0.39 is 0 Å². The number of carbonyl (C=O) groups is 1. The average molecular weight is 297 g/mol. The highest BCUT2D eigenvalue weighted by atomic mass is 32.1. The molecule has 0 bridgehead atoms. The summed E-state index contributed by atoms with van der Waals surface area (Å²) < 4.78 is 0. The summed E-state index contributed by atoms with van der Waals surface area (Å²) in [4.78, 5) is 15.8. The third-order valence-electron chi connectivity index (χ3n) is 3.63. The van der Waals surface area contributed by atoms with Crippen LogP contribution in [-0.4, -0.2) is 10.9 Å². The van der Waals surface area contributed by atoms with Crippen LogP contribution in [0.5, 0.6) is 0 Å². The van der Waals surface area contributed by atoms with E-state index in [0.717, 1.165) is 17.7 Å². The molecule has 1 aromatic heterocycles. The fourth-order valence-electron chi connectivity index (χ4n) is 2.59. The van der Waals surface area contributed by atoms with Crippen molar-refractivity contribution in [3.05, 3.63) is 34.7 Å². The van der Waals surface area contributed by atoms with Crippen LogP contribution in [0.1, 0.15) is 30.4 Å². The number of rotatable bonds is 3. The number of aromatic nitrogens is 1. The van der Waals surface area contributed by atoms with Gasteiger partial charge in [-0.1, -0.05) is 12.1 Å². The van der Waals surface area contributed by atoms with Gasteiger partial charge >= 0.3 is 0 Å². The van der Waals surface area contributed by atoms with E-state index >= 15 is 0 Å². The van der Waals surface area contributed by atoms with Gasteiger partial charge in [-0.2, -0.15) is 5.26 Å². The lowest BCUT2D eigenvalue weighted by atomic mass is 9.90. The Morgan fingerprint density at radius 3 is 2.95 bits per heavy atom. The number of nitriles is 1. The third-order valence-corrected chi connectivity index (χ3v) is 4.39. The van der Waals surface area contributed by atoms with E-state index in [1.807, 2.05) is 11.4 Å². The smallest absolute Gasteiger partial charge is 0.240 e. The van der Waals surface area contributed by atoms with Gasteiger partial charge in [0.2, 0.25) is 5.91 Å². The predicted octanol–water partition coefficient (Wildman–Crippen LogP) is 3.54. The van der Waals surface area contributed by atoms with Crippen LogP contribution in [-0.2, 0) is 17.6 Å². The molecule has 21 heavy (non-hydrogen) atoms. The second kappa shape index (κ2) is 6.06. The molecule has 0 spiro atoms. The molecule has 1 N–H and O–H groups in total. The predicted molar refractivity (Wildman–Crippen MR) is 83.1 cm³/mol. The van der Waals surface area contributed by atoms with Crippen LogP contribution >= 0.6 is 11.3 Å². The molecule has 1 amide bonds. The molecule has 0 fully saturated rings. The number of carbonyl (C=O) groups excluding carboxylic acids is 1. The molecule has 1 aliphatic carbocycles. The lowest BCUT2D eigenvalue weighted by Gasteiger charge is -2.16. The Hall–Kier alpha value is -2.19. The van der Waals surface area contributed by atoms with Crippen molar-refractivity contribution < 1.29 is 4.79 Å². The molecule has 0 atom stereocenters. The second-order valence-corrected chi connectivity index (χ2v) is 5.97. The highest BCUT2D eigenvalue weighted by Gasteiger charge is 2.12. The lowest BCUT2D eigenvalue weighted by molar-refractivity contribution is -0.115. The summed E-state index contributed by atoms with van der Waals surface area (Å²) in [6.45, 7) is 0. The number of thiazole rings is 1. The lowest BCUT2D eigenvalue weighted by Crippen LogP contribution is -2.09. The van der Waals surface area contributed by atoms with E-state index in [2.05, 4.69) is 28.5 Å². The Balaban J connectivity index is 1.80. The minimum absolute atomic E-state index is 0.145. The maximum atomic E-state index is 11.4. The Morgan fingerprint density at radius 2 is 2.14 bits per heavy atom. The van der Waals surface area contributed by atoms with Gasteiger partial charge < -0.3 is 5.32 Å². The summed E-state index contributed by atoms with van der Waals surface area (Å²) in [5.41, 5.74) is 4.83. The molecule has 1 heterocycles. The number of fused-ring (bicyclic) bond motifs is 1. The van der Waals surface area contributed by atoms with Gasteiger partial charge in [0.05, 0.1) is 11.8 Å². The van der Waals surface area contributed by atoms with Crippen molar-refractivity contribution in [2.24, 2.45) is 0 Å². The normalized spacial score (nSPS) is 13.3. The highest BCUT2D eigenvalue weighted by molar-refractivity contribution is 7.14. The summed E-state index contributed by atoms with van der Waals surface area (Å²) in [7, 11) is 0. The van der Waals surface area contributed by atoms with Crippen molar-refractivity contribution in [1.82, 2.24) is 4.98 Å². The monoisotopic (exact) mass is 297 g/mol. The van der Waals surface area contributed by atoms with Gasteiger partial charge in [-0.3, -0.25) is 4.79 Å². The first-order chi connectivity index (χ1) is 10.3. The Morgan fingerprint density at radius 1 is 1.33 bits per heavy atom. The summed E-state index contributed by atoms with van der Waals surface area (Å²) in [5, 5.41) is 13.6. The zero-order valence-electron chi connectivity index (χ0n) is 11.6. The molecule has 0 radical (unpaired) electrons. The molecule has 2 aromatic rings. The average Bonchev–Trinajstić information content (AvgIpc) is 2.95. The largest absolute Gasteiger partial charge is 0.301 e. The Kier molecular flexibility index (Phi) is 3.98. The maximum Gasteiger partial charge on any atom is 0.240 e. The number of nitrogens with zero attached hydrogens (tertiary/aromatic N) is 2. The molecule has 0 unspecified atom stereocenters. The van der Waals surface area contributed by atoms with Gasteiger partial charge in [-0.15, -0.1) is 11.3 Å². The highest BCUT2D eigenvalue weighted by Crippen LogP contribution is 2.29. The number of hydrogen-bond acceptors (Lipinski definition) is 4. The van der Waals surface area contributed by atoms with E-state index in [0.29, 0.717) is 5.13 Å². The first-order valence-corrected chi connectivity index (χ1v) is 7.89. The number of anilines is 1. The molecule has 4 nitrogen and oxygen atoms in total. The van der Waals surface area contributed by atoms with E-state index in [-0.39, 0.29) is 12.3 Å². The topological polar surface area (TPSA) is 65.8 Å². The number of amides is 1. The molecule has 106 valence electrons. The van der Waals surface area contributed by atoms with Gasteiger partial charge in [0.25, 0.3) is 0 Å². The fraction of sp³-hybridized carbons (Fsp3) is 0.312. The molecule has 1 aliphatic rings. The summed E-state index contributed by atoms with van der Waals surface area (Å²) in [6, 6.07) is 8.33. The number of nitrogens with one attached hydrogen (secondary N) is 1. The van der Waals surface area contributed by atoms with Crippen molar-refractivity contribution in [2.45, 2.75) is 32.1 Å². The van der Waals surface area contributed by atoms with Gasteiger partial charge in [0.1, 0.15) is 6.42 Å². The first kappa shape index (κ1) is 13.8. The zero-order valence-corrected chi connectivity index (χ0v) is 12.4. The van der Waals surface area contributed by atoms with Crippen LogP contribution in [0, 0.1) is 11.3 Å². The van der Waals surface area contributed by atoms with Crippen molar-refractivity contribution in [2.75, 3.05) is 5.32 Å². The van der Waals surface area contributed by atoms with Crippen molar-refractivity contribution >= 4 is 22.4 Å². The van der Waals surface area contributed by atoms with Crippen LogP contribution in [0.2, 0.25) is 0 Å². The van der Waals surface area contributed by atoms with Gasteiger partial charge in [0.15, 0.2) is 5.13 Å². The van der Waals surface area contributed by atoms with Crippen LogP contribution in [0.3, 0.4) is 0 Å². The Bertz CT molecular complexity index is 715. The summed E-state index contributed by atoms with van der Waals surface area (Å²) >= 11 is 1.38. The van der Waals surface area contributed by atoms with E-state index in [1.54, 1.807) is 0 Å². The van der Waals surface area contributed by atoms with Crippen molar-refractivity contribution in [3.63, 3.8) is 0 Å². The minimum atomic E-state index is -0.316. The third kappa shape index (κ3) is 3.11. The SMILES string of the molecule is N#CCC(=O)Nc1nc(-c2ccc3c(c2)CCCC3)cs1. The molecule has 0 saturated carbocycles. The van der Waals surface area contributed by atoms with Crippen molar-refractivity contribution in [1.29, 1.82) is 5.26 Å². The first-order valence-electron chi connectivity index (χ1n) is 7.01. The second-order valence-electron chi connectivity index (χ2n) is 5.11.